The number of benzene rings is 1. The molecule has 4 saturated carbocycles. The van der Waals surface area contributed by atoms with Gasteiger partial charge in [-0.25, -0.2) is 9.98 Å². The molecule has 1 aromatic heterocycles. The van der Waals surface area contributed by atoms with E-state index in [4.69, 9.17) is 4.99 Å². The van der Waals surface area contributed by atoms with Crippen molar-refractivity contribution < 1.29 is 4.79 Å². The monoisotopic (exact) mass is 378 g/mol. The van der Waals surface area contributed by atoms with Crippen LogP contribution in [0.15, 0.2) is 34.4 Å². The van der Waals surface area contributed by atoms with Gasteiger partial charge in [0.15, 0.2) is 0 Å². The molecule has 6 heteroatoms. The van der Waals surface area contributed by atoms with E-state index >= 15 is 0 Å². The Kier molecular flexibility index (Phi) is 3.30. The number of rotatable bonds is 2. The summed E-state index contributed by atoms with van der Waals surface area (Å²) < 4.78 is 1.16. The van der Waals surface area contributed by atoms with Crippen LogP contribution >= 0.6 is 11.3 Å². The Morgan fingerprint density at radius 1 is 1.11 bits per heavy atom. The highest BCUT2D eigenvalue weighted by atomic mass is 32.1. The molecule has 5 aliphatic rings. The van der Waals surface area contributed by atoms with Gasteiger partial charge >= 0.3 is 0 Å². The number of aliphatic imine (C=N–C) groups is 1. The van der Waals surface area contributed by atoms with E-state index in [2.05, 4.69) is 21.7 Å². The van der Waals surface area contributed by atoms with Crippen molar-refractivity contribution in [3.05, 3.63) is 35.0 Å². The number of guanidine groups is 1. The van der Waals surface area contributed by atoms with Crippen LogP contribution in [0.1, 0.15) is 44.1 Å². The molecule has 0 atom stereocenters. The average molecular weight is 379 g/mol. The third kappa shape index (κ3) is 2.69. The average Bonchev–Trinajstić information content (AvgIpc) is 3.19. The van der Waals surface area contributed by atoms with Gasteiger partial charge in [-0.05, 0) is 80.1 Å². The predicted octanol–water partition coefficient (Wildman–Crippen LogP) is 3.68. The topological polar surface area (TPSA) is 66.4 Å². The van der Waals surface area contributed by atoms with Crippen LogP contribution in [-0.4, -0.2) is 22.4 Å². The van der Waals surface area contributed by atoms with E-state index in [9.17, 15) is 4.79 Å². The lowest BCUT2D eigenvalue weighted by atomic mass is 9.53. The number of hydrogen-bond acceptors (Lipinski definition) is 4. The van der Waals surface area contributed by atoms with Gasteiger partial charge in [0, 0.05) is 0 Å². The van der Waals surface area contributed by atoms with Crippen LogP contribution in [0, 0.1) is 17.8 Å². The van der Waals surface area contributed by atoms with E-state index in [1.165, 1.54) is 38.5 Å². The molecule has 1 aliphatic heterocycles. The van der Waals surface area contributed by atoms with Gasteiger partial charge in [-0.3, -0.25) is 10.1 Å². The third-order valence-corrected chi connectivity index (χ3v) is 7.56. The van der Waals surface area contributed by atoms with Crippen LogP contribution < -0.4 is 10.6 Å². The van der Waals surface area contributed by atoms with Crippen molar-refractivity contribution in [3.63, 3.8) is 0 Å². The molecule has 1 saturated heterocycles. The smallest absolute Gasteiger partial charge is 0.274 e. The Labute approximate surface area is 162 Å². The van der Waals surface area contributed by atoms with E-state index in [0.717, 1.165) is 33.5 Å². The zero-order valence-corrected chi connectivity index (χ0v) is 15.9. The number of aromatic nitrogens is 1. The Morgan fingerprint density at radius 2 is 1.85 bits per heavy atom. The highest BCUT2D eigenvalue weighted by Crippen LogP contribution is 2.57. The number of nitrogens with zero attached hydrogens (tertiary/aromatic N) is 2. The van der Waals surface area contributed by atoms with Crippen molar-refractivity contribution in [3.8, 4) is 0 Å². The van der Waals surface area contributed by atoms with Crippen molar-refractivity contribution in [2.45, 2.75) is 44.1 Å². The van der Waals surface area contributed by atoms with E-state index in [0.29, 0.717) is 11.7 Å². The molecule has 4 bridgehead atoms. The number of hydrogen-bond donors (Lipinski definition) is 2. The first-order valence-electron chi connectivity index (χ1n) is 9.87. The van der Waals surface area contributed by atoms with Crippen LogP contribution in [0.4, 0.5) is 0 Å². The van der Waals surface area contributed by atoms with Gasteiger partial charge < -0.3 is 5.32 Å². The molecule has 1 aromatic carbocycles. The molecule has 1 amide bonds. The highest BCUT2D eigenvalue weighted by Gasteiger charge is 2.51. The molecule has 2 aromatic rings. The summed E-state index contributed by atoms with van der Waals surface area (Å²) in [7, 11) is 0. The molecular formula is C21H22N4OS. The minimum atomic E-state index is -0.100. The second kappa shape index (κ2) is 5.64. The Balaban J connectivity index is 1.27. The van der Waals surface area contributed by atoms with Crippen molar-refractivity contribution in [1.29, 1.82) is 0 Å². The minimum Gasteiger partial charge on any atom is -0.321 e. The molecule has 4 aliphatic carbocycles. The molecule has 5 nitrogen and oxygen atoms in total. The quantitative estimate of drug-likeness (QED) is 0.784. The molecule has 138 valence electrons. The second-order valence-corrected chi connectivity index (χ2v) is 9.71. The molecule has 5 fully saturated rings. The summed E-state index contributed by atoms with van der Waals surface area (Å²) in [5, 5.41) is 6.19. The van der Waals surface area contributed by atoms with Gasteiger partial charge in [0.2, 0.25) is 5.96 Å². The largest absolute Gasteiger partial charge is 0.321 e. The van der Waals surface area contributed by atoms with Crippen molar-refractivity contribution in [1.82, 2.24) is 15.6 Å². The van der Waals surface area contributed by atoms with Gasteiger partial charge in [0.05, 0.1) is 21.3 Å². The molecule has 7 rings (SSSR count). The molecule has 2 N–H and O–H groups in total. The summed E-state index contributed by atoms with van der Waals surface area (Å²) in [6.07, 6.45) is 9.66. The maximum absolute atomic E-state index is 12.5. The summed E-state index contributed by atoms with van der Waals surface area (Å²) in [5.41, 5.74) is 4.41. The minimum absolute atomic E-state index is 0.0549. The predicted molar refractivity (Wildman–Crippen MR) is 107 cm³/mol. The second-order valence-electron chi connectivity index (χ2n) is 8.82. The summed E-state index contributed by atoms with van der Waals surface area (Å²) >= 11 is 1.62. The Morgan fingerprint density at radius 3 is 2.59 bits per heavy atom. The number of nitrogens with one attached hydrogen (secondary N) is 2. The van der Waals surface area contributed by atoms with Crippen molar-refractivity contribution in [2.24, 2.45) is 22.7 Å². The summed E-state index contributed by atoms with van der Waals surface area (Å²) in [6.45, 7) is 0. The first-order chi connectivity index (χ1) is 13.1. The van der Waals surface area contributed by atoms with Gasteiger partial charge in [-0.2, -0.15) is 0 Å². The number of fused-ring (bicyclic) bond motifs is 1. The lowest BCUT2D eigenvalue weighted by molar-refractivity contribution is -0.115. The Bertz CT molecular complexity index is 969. The van der Waals surface area contributed by atoms with Gasteiger partial charge in [0.1, 0.15) is 5.70 Å². The third-order valence-electron chi connectivity index (χ3n) is 6.75. The van der Waals surface area contributed by atoms with Crippen molar-refractivity contribution >= 4 is 39.5 Å². The van der Waals surface area contributed by atoms with E-state index in [1.807, 2.05) is 23.7 Å². The standard InChI is InChI=1S/C21H22N4OS/c26-19-17(7-12-1-2-18-16(6-12)22-11-27-18)23-20(24-19)25-21-8-13-3-14(9-21)5-15(4-13)10-21/h1-2,6-7,11,13-15H,3-5,8-10H2,(H2,23,24,25,26). The van der Waals surface area contributed by atoms with Gasteiger partial charge in [-0.1, -0.05) is 6.07 Å². The van der Waals surface area contributed by atoms with Crippen LogP contribution in [-0.2, 0) is 4.79 Å². The van der Waals surface area contributed by atoms with Crippen molar-refractivity contribution in [2.75, 3.05) is 0 Å². The van der Waals surface area contributed by atoms with Crippen LogP contribution in [0.25, 0.3) is 16.3 Å². The highest BCUT2D eigenvalue weighted by molar-refractivity contribution is 7.16. The number of carbonyl (C=O) groups is 1. The fourth-order valence-electron chi connectivity index (χ4n) is 6.12. The first kappa shape index (κ1) is 15.8. The Hall–Kier alpha value is -2.21. The van der Waals surface area contributed by atoms with E-state index < -0.39 is 0 Å². The summed E-state index contributed by atoms with van der Waals surface area (Å²) in [6, 6.07) is 6.09. The molecule has 0 spiro atoms. The maximum atomic E-state index is 12.5. The molecule has 0 unspecified atom stereocenters. The SMILES string of the molecule is O=C1NC(=NC23CC4CC(CC(C4)C2)C3)NC1=Cc1ccc2scnc2c1. The maximum Gasteiger partial charge on any atom is 0.274 e. The normalized spacial score (nSPS) is 37.3. The van der Waals surface area contributed by atoms with Gasteiger partial charge in [0.25, 0.3) is 5.91 Å². The lowest BCUT2D eigenvalue weighted by Crippen LogP contribution is -2.50. The summed E-state index contributed by atoms with van der Waals surface area (Å²) in [4.78, 5) is 21.9. The lowest BCUT2D eigenvalue weighted by Gasteiger charge is -2.54. The zero-order valence-electron chi connectivity index (χ0n) is 15.1. The zero-order chi connectivity index (χ0) is 18.0. The van der Waals surface area contributed by atoms with Crippen LogP contribution in [0.5, 0.6) is 0 Å². The molecular weight excluding hydrogens is 356 g/mol. The molecule has 2 heterocycles. The fraction of sp³-hybridized carbons (Fsp3) is 0.476. The number of amides is 1. The first-order valence-corrected chi connectivity index (χ1v) is 10.8. The molecule has 0 radical (unpaired) electrons. The van der Waals surface area contributed by atoms with Crippen LogP contribution in [0.2, 0.25) is 0 Å². The summed E-state index contributed by atoms with van der Waals surface area (Å²) in [5.74, 6) is 3.08. The number of thiazole rings is 1. The number of carbonyl (C=O) groups excluding carboxylic acids is 1. The van der Waals surface area contributed by atoms with E-state index in [-0.39, 0.29) is 11.4 Å². The van der Waals surface area contributed by atoms with Gasteiger partial charge in [-0.15, -0.1) is 11.3 Å². The fourth-order valence-corrected chi connectivity index (χ4v) is 6.78. The van der Waals surface area contributed by atoms with Crippen LogP contribution in [0.3, 0.4) is 0 Å². The van der Waals surface area contributed by atoms with E-state index in [1.54, 1.807) is 11.3 Å². The molecule has 27 heavy (non-hydrogen) atoms.